The first-order valence-corrected chi connectivity index (χ1v) is 9.71. The number of nitrogens with zero attached hydrogens (tertiary/aromatic N) is 3. The van der Waals surface area contributed by atoms with Gasteiger partial charge in [-0.05, 0) is 25.5 Å². The Morgan fingerprint density at radius 3 is 2.34 bits per heavy atom. The van der Waals surface area contributed by atoms with Crippen molar-refractivity contribution in [1.82, 2.24) is 15.1 Å². The number of rotatable bonds is 6. The summed E-state index contributed by atoms with van der Waals surface area (Å²) in [5.74, 6) is -1.54. The van der Waals surface area contributed by atoms with Gasteiger partial charge in [-0.25, -0.2) is 4.79 Å². The standard InChI is InChI=1S/C20H26N4O5/c1-3-20(2)18(27)24(19(28)21-20)13-17(26)29-14-16(25)23-11-9-22(10-12-23)15-7-5-4-6-8-15/h4-8H,3,9-14H2,1-2H3,(H,21,28)/t20-/m1/s1. The summed E-state index contributed by atoms with van der Waals surface area (Å²) < 4.78 is 5.01. The molecule has 3 rings (SSSR count). The lowest BCUT2D eigenvalue weighted by Gasteiger charge is -2.36. The highest BCUT2D eigenvalue weighted by Gasteiger charge is 2.47. The molecule has 1 N–H and O–H groups in total. The smallest absolute Gasteiger partial charge is 0.326 e. The molecule has 0 bridgehead atoms. The zero-order valence-electron chi connectivity index (χ0n) is 16.7. The number of amides is 4. The number of benzene rings is 1. The van der Waals surface area contributed by atoms with Crippen LogP contribution < -0.4 is 10.2 Å². The largest absolute Gasteiger partial charge is 0.454 e. The van der Waals surface area contributed by atoms with Crippen LogP contribution in [0.2, 0.25) is 0 Å². The average Bonchev–Trinajstić information content (AvgIpc) is 2.96. The summed E-state index contributed by atoms with van der Waals surface area (Å²) >= 11 is 0. The van der Waals surface area contributed by atoms with E-state index in [4.69, 9.17) is 4.74 Å². The molecule has 0 spiro atoms. The van der Waals surface area contributed by atoms with E-state index in [1.54, 1.807) is 18.7 Å². The number of hydrogen-bond acceptors (Lipinski definition) is 6. The first kappa shape index (κ1) is 20.6. The molecule has 4 amide bonds. The van der Waals surface area contributed by atoms with E-state index in [0.717, 1.165) is 10.6 Å². The van der Waals surface area contributed by atoms with Crippen molar-refractivity contribution in [3.63, 3.8) is 0 Å². The van der Waals surface area contributed by atoms with Gasteiger partial charge in [-0.15, -0.1) is 0 Å². The lowest BCUT2D eigenvalue weighted by Crippen LogP contribution is -2.50. The number of anilines is 1. The topological polar surface area (TPSA) is 99.3 Å². The van der Waals surface area contributed by atoms with Crippen molar-refractivity contribution in [3.05, 3.63) is 30.3 Å². The molecule has 1 aromatic rings. The molecule has 0 saturated carbocycles. The van der Waals surface area contributed by atoms with Crippen LogP contribution in [0.25, 0.3) is 0 Å². The van der Waals surface area contributed by atoms with Gasteiger partial charge in [-0.1, -0.05) is 25.1 Å². The molecule has 0 unspecified atom stereocenters. The molecule has 1 atom stereocenters. The van der Waals surface area contributed by atoms with Gasteiger partial charge in [-0.3, -0.25) is 19.3 Å². The Bertz CT molecular complexity index is 791. The van der Waals surface area contributed by atoms with Crippen molar-refractivity contribution < 1.29 is 23.9 Å². The van der Waals surface area contributed by atoms with Gasteiger partial charge in [-0.2, -0.15) is 0 Å². The third-order valence-electron chi connectivity index (χ3n) is 5.45. The summed E-state index contributed by atoms with van der Waals surface area (Å²) in [5, 5.41) is 2.57. The van der Waals surface area contributed by atoms with Gasteiger partial charge in [0.2, 0.25) is 0 Å². The molecule has 156 valence electrons. The molecule has 0 aromatic heterocycles. The van der Waals surface area contributed by atoms with E-state index in [2.05, 4.69) is 10.2 Å². The number of para-hydroxylation sites is 1. The summed E-state index contributed by atoms with van der Waals surface area (Å²) in [4.78, 5) is 53.3. The number of hydrogen-bond donors (Lipinski definition) is 1. The van der Waals surface area contributed by atoms with Crippen molar-refractivity contribution >= 4 is 29.5 Å². The normalized spacial score (nSPS) is 21.9. The van der Waals surface area contributed by atoms with E-state index in [1.807, 2.05) is 30.3 Å². The molecule has 2 fully saturated rings. The molecule has 9 heteroatoms. The highest BCUT2D eigenvalue weighted by Crippen LogP contribution is 2.20. The minimum absolute atomic E-state index is 0.290. The van der Waals surface area contributed by atoms with Crippen molar-refractivity contribution in [2.75, 3.05) is 44.2 Å². The Kier molecular flexibility index (Phi) is 6.05. The van der Waals surface area contributed by atoms with Crippen molar-refractivity contribution in [2.45, 2.75) is 25.8 Å². The van der Waals surface area contributed by atoms with Crippen LogP contribution in [0.3, 0.4) is 0 Å². The van der Waals surface area contributed by atoms with Crippen LogP contribution in [-0.4, -0.2) is 78.5 Å². The fourth-order valence-corrected chi connectivity index (χ4v) is 3.39. The van der Waals surface area contributed by atoms with Gasteiger partial charge >= 0.3 is 12.0 Å². The van der Waals surface area contributed by atoms with Gasteiger partial charge in [0, 0.05) is 31.9 Å². The highest BCUT2D eigenvalue weighted by molar-refractivity contribution is 6.08. The van der Waals surface area contributed by atoms with Crippen LogP contribution in [0.5, 0.6) is 0 Å². The second-order valence-electron chi connectivity index (χ2n) is 7.37. The monoisotopic (exact) mass is 402 g/mol. The van der Waals surface area contributed by atoms with Crippen LogP contribution in [-0.2, 0) is 19.1 Å². The second-order valence-corrected chi connectivity index (χ2v) is 7.37. The predicted octanol–water partition coefficient (Wildman–Crippen LogP) is 0.599. The van der Waals surface area contributed by atoms with Crippen molar-refractivity contribution in [1.29, 1.82) is 0 Å². The minimum Gasteiger partial charge on any atom is -0.454 e. The van der Waals surface area contributed by atoms with Crippen LogP contribution in [0.1, 0.15) is 20.3 Å². The fourth-order valence-electron chi connectivity index (χ4n) is 3.39. The average molecular weight is 402 g/mol. The molecule has 2 heterocycles. The highest BCUT2D eigenvalue weighted by atomic mass is 16.5. The molecule has 29 heavy (non-hydrogen) atoms. The molecule has 9 nitrogen and oxygen atoms in total. The predicted molar refractivity (Wildman–Crippen MR) is 105 cm³/mol. The number of carbonyl (C=O) groups excluding carboxylic acids is 4. The summed E-state index contributed by atoms with van der Waals surface area (Å²) in [6.45, 7) is 4.94. The van der Waals surface area contributed by atoms with E-state index < -0.39 is 36.6 Å². The zero-order valence-corrected chi connectivity index (χ0v) is 16.7. The maximum atomic E-state index is 12.3. The van der Waals surface area contributed by atoms with E-state index >= 15 is 0 Å². The fraction of sp³-hybridized carbons (Fsp3) is 0.500. The Morgan fingerprint density at radius 2 is 1.76 bits per heavy atom. The third kappa shape index (κ3) is 4.49. The number of nitrogens with one attached hydrogen (secondary N) is 1. The summed E-state index contributed by atoms with van der Waals surface area (Å²) in [7, 11) is 0. The van der Waals surface area contributed by atoms with Gasteiger partial charge < -0.3 is 19.9 Å². The van der Waals surface area contributed by atoms with Gasteiger partial charge in [0.15, 0.2) is 6.61 Å². The van der Waals surface area contributed by atoms with Crippen LogP contribution in [0.15, 0.2) is 30.3 Å². The third-order valence-corrected chi connectivity index (χ3v) is 5.45. The second kappa shape index (κ2) is 8.50. The molecular formula is C20H26N4O5. The van der Waals surface area contributed by atoms with E-state index in [-0.39, 0.29) is 5.91 Å². The van der Waals surface area contributed by atoms with Gasteiger partial charge in [0.05, 0.1) is 0 Å². The van der Waals surface area contributed by atoms with Crippen molar-refractivity contribution in [2.24, 2.45) is 0 Å². The lowest BCUT2D eigenvalue weighted by molar-refractivity contribution is -0.153. The van der Waals surface area contributed by atoms with Crippen LogP contribution >= 0.6 is 0 Å². The van der Waals surface area contributed by atoms with Crippen LogP contribution in [0, 0.1) is 0 Å². The van der Waals surface area contributed by atoms with E-state index in [1.165, 1.54) is 0 Å². The van der Waals surface area contributed by atoms with E-state index in [9.17, 15) is 19.2 Å². The summed E-state index contributed by atoms with van der Waals surface area (Å²) in [5.41, 5.74) is 0.102. The number of esters is 1. The maximum absolute atomic E-state index is 12.3. The Labute approximate surface area is 169 Å². The molecule has 1 aromatic carbocycles. The number of carbonyl (C=O) groups is 4. The van der Waals surface area contributed by atoms with Gasteiger partial charge in [0.25, 0.3) is 11.8 Å². The van der Waals surface area contributed by atoms with Crippen LogP contribution in [0.4, 0.5) is 10.5 Å². The zero-order chi connectivity index (χ0) is 21.0. The first-order chi connectivity index (χ1) is 13.8. The minimum atomic E-state index is -1.01. The Hall–Kier alpha value is -3.10. The maximum Gasteiger partial charge on any atom is 0.326 e. The summed E-state index contributed by atoms with van der Waals surface area (Å²) in [6, 6.07) is 9.33. The Balaban J connectivity index is 1.43. The van der Waals surface area contributed by atoms with Crippen molar-refractivity contribution in [3.8, 4) is 0 Å². The van der Waals surface area contributed by atoms with Gasteiger partial charge in [0.1, 0.15) is 12.1 Å². The molecule has 2 aliphatic rings. The molecule has 2 saturated heterocycles. The number of imide groups is 1. The van der Waals surface area contributed by atoms with E-state index in [0.29, 0.717) is 32.6 Å². The quantitative estimate of drug-likeness (QED) is 0.553. The number of ether oxygens (including phenoxy) is 1. The number of urea groups is 1. The Morgan fingerprint density at radius 1 is 1.10 bits per heavy atom. The lowest BCUT2D eigenvalue weighted by atomic mass is 9.99. The molecular weight excluding hydrogens is 376 g/mol. The first-order valence-electron chi connectivity index (χ1n) is 9.71. The summed E-state index contributed by atoms with van der Waals surface area (Å²) in [6.07, 6.45) is 0.413. The molecule has 0 aliphatic carbocycles. The molecule has 2 aliphatic heterocycles. The number of piperazine rings is 1. The molecule has 0 radical (unpaired) electrons. The SMILES string of the molecule is CC[C@@]1(C)NC(=O)N(CC(=O)OCC(=O)N2CCN(c3ccccc3)CC2)C1=O.